The van der Waals surface area contributed by atoms with Crippen molar-refractivity contribution in [3.63, 3.8) is 0 Å². The summed E-state index contributed by atoms with van der Waals surface area (Å²) in [4.78, 5) is 64.1. The molecule has 16 nitrogen and oxygen atoms in total. The SMILES string of the molecule is CC(=O)c1cn(CC(=O)N2C[C@H](F)C[C@H]2C(=O)NCc2cccc(Cl)c2F)c2cc(OCP(=O)(OC(OC(C)C)C(=O)O)OC(OC(C)C)C(=O)O)ccc12. The first-order valence-electron chi connectivity index (χ1n) is 16.9. The Kier molecular flexibility index (Phi) is 14.5. The van der Waals surface area contributed by atoms with Crippen molar-refractivity contribution in [2.24, 2.45) is 0 Å². The highest BCUT2D eigenvalue weighted by Gasteiger charge is 2.41. The Bertz CT molecular complexity index is 1940. The summed E-state index contributed by atoms with van der Waals surface area (Å²) in [6.45, 7) is 6.07. The highest BCUT2D eigenvalue weighted by atomic mass is 35.5. The van der Waals surface area contributed by atoms with E-state index in [9.17, 15) is 47.5 Å². The topological polar surface area (TPSA) is 209 Å². The lowest BCUT2D eigenvalue weighted by atomic mass is 10.1. The maximum absolute atomic E-state index is 14.7. The van der Waals surface area contributed by atoms with E-state index in [0.29, 0.717) is 5.39 Å². The third-order valence-corrected chi connectivity index (χ3v) is 9.76. The Morgan fingerprint density at radius 3 is 2.18 bits per heavy atom. The van der Waals surface area contributed by atoms with Gasteiger partial charge in [0.05, 0.1) is 29.3 Å². The summed E-state index contributed by atoms with van der Waals surface area (Å²) in [5, 5.41) is 22.0. The second-order valence-corrected chi connectivity index (χ2v) is 15.3. The maximum atomic E-state index is 14.7. The standard InChI is InChI=1S/C35H41ClF2N3O13P/c1-18(2)51-34(32(45)46)53-55(49,54-35(33(47)48)52-19(3)4)17-50-23-9-10-24-25(20(5)42)15-40(27(24)12-23)16-29(43)41-14-22(37)11-28(41)31(44)39-13-21-7-6-8-26(36)30(21)38/h6-10,12,15,18-19,22,28,34-35H,11,13-14,16-17H2,1-5H3,(H,39,44)(H,45,46)(H,47,48)/t22-,28+,34?,35?,55?/m1/s1. The number of ketones is 1. The van der Waals surface area contributed by atoms with Crippen LogP contribution >= 0.6 is 19.2 Å². The number of carboxylic acid groups (broad SMARTS) is 2. The van der Waals surface area contributed by atoms with Crippen LogP contribution in [0.25, 0.3) is 10.9 Å². The van der Waals surface area contributed by atoms with Crippen LogP contribution in [-0.4, -0.2) is 99.1 Å². The number of alkyl halides is 1. The van der Waals surface area contributed by atoms with Gasteiger partial charge in [-0.15, -0.1) is 0 Å². The molecule has 0 radical (unpaired) electrons. The summed E-state index contributed by atoms with van der Waals surface area (Å²) >= 11 is 5.82. The zero-order chi connectivity index (χ0) is 40.8. The minimum Gasteiger partial charge on any atom is -0.481 e. The van der Waals surface area contributed by atoms with Gasteiger partial charge < -0.3 is 39.2 Å². The van der Waals surface area contributed by atoms with Crippen LogP contribution in [0.3, 0.4) is 0 Å². The smallest absolute Gasteiger partial charge is 0.373 e. The molecule has 20 heteroatoms. The number of Topliss-reactive ketones (excluding diaryl/α,β-unsaturated/α-hetero) is 1. The number of hydrogen-bond donors (Lipinski definition) is 3. The van der Waals surface area contributed by atoms with Gasteiger partial charge in [-0.2, -0.15) is 0 Å². The van der Waals surface area contributed by atoms with Crippen molar-refractivity contribution in [2.45, 2.75) is 91.1 Å². The number of benzene rings is 2. The Morgan fingerprint density at radius 2 is 1.62 bits per heavy atom. The lowest BCUT2D eigenvalue weighted by Gasteiger charge is -2.26. The Balaban J connectivity index is 1.59. The number of carbonyl (C=O) groups excluding carboxylic acids is 3. The molecular formula is C35H41ClF2N3O13P. The fourth-order valence-corrected chi connectivity index (χ4v) is 7.12. The first-order chi connectivity index (χ1) is 25.8. The van der Waals surface area contributed by atoms with Crippen LogP contribution in [0.1, 0.15) is 57.0 Å². The zero-order valence-electron chi connectivity index (χ0n) is 30.4. The largest absolute Gasteiger partial charge is 0.481 e. The molecule has 2 aromatic carbocycles. The number of hydrogen-bond acceptors (Lipinski definition) is 11. The molecule has 1 aliphatic rings. The third kappa shape index (κ3) is 11.3. The predicted molar refractivity (Wildman–Crippen MR) is 191 cm³/mol. The van der Waals surface area contributed by atoms with Gasteiger partial charge in [0.2, 0.25) is 11.8 Å². The second-order valence-electron chi connectivity index (χ2n) is 13.0. The average molecular weight is 816 g/mol. The van der Waals surface area contributed by atoms with Crippen LogP contribution in [0.5, 0.6) is 5.75 Å². The van der Waals surface area contributed by atoms with Gasteiger partial charge in [0, 0.05) is 41.7 Å². The first kappa shape index (κ1) is 43.3. The average Bonchev–Trinajstić information content (AvgIpc) is 3.67. The lowest BCUT2D eigenvalue weighted by molar-refractivity contribution is -0.189. The number of halogens is 3. The van der Waals surface area contributed by atoms with Gasteiger partial charge >= 0.3 is 19.5 Å². The molecular weight excluding hydrogens is 775 g/mol. The van der Waals surface area contributed by atoms with Crippen LogP contribution in [0.2, 0.25) is 5.02 Å². The van der Waals surface area contributed by atoms with Gasteiger partial charge in [-0.3, -0.25) is 28.0 Å². The lowest BCUT2D eigenvalue weighted by Crippen LogP contribution is -2.46. The minimum atomic E-state index is -4.85. The number of likely N-dealkylation sites (tertiary alicyclic amines) is 1. The molecule has 0 spiro atoms. The van der Waals surface area contributed by atoms with Crippen molar-refractivity contribution in [3.8, 4) is 5.75 Å². The normalized spacial score (nSPS) is 18.0. The van der Waals surface area contributed by atoms with E-state index in [-0.39, 0.29) is 46.2 Å². The van der Waals surface area contributed by atoms with Crippen LogP contribution < -0.4 is 10.1 Å². The van der Waals surface area contributed by atoms with Gasteiger partial charge in [-0.25, -0.2) is 18.4 Å². The van der Waals surface area contributed by atoms with Crippen LogP contribution in [-0.2, 0) is 55.4 Å². The van der Waals surface area contributed by atoms with E-state index in [0.717, 1.165) is 4.90 Å². The number of amides is 2. The molecule has 2 unspecified atom stereocenters. The number of carboxylic acids is 2. The number of fused-ring (bicyclic) bond motifs is 1. The summed E-state index contributed by atoms with van der Waals surface area (Å²) in [7, 11) is -4.85. The van der Waals surface area contributed by atoms with E-state index in [1.807, 2.05) is 0 Å². The van der Waals surface area contributed by atoms with Crippen molar-refractivity contribution in [1.29, 1.82) is 0 Å². The van der Waals surface area contributed by atoms with E-state index in [2.05, 4.69) is 5.32 Å². The van der Waals surface area contributed by atoms with Gasteiger partial charge in [-0.05, 0) is 52.8 Å². The molecule has 55 heavy (non-hydrogen) atoms. The van der Waals surface area contributed by atoms with Gasteiger partial charge in [0.1, 0.15) is 30.3 Å². The van der Waals surface area contributed by atoms with Gasteiger partial charge in [0.15, 0.2) is 12.1 Å². The van der Waals surface area contributed by atoms with Crippen LogP contribution in [0.4, 0.5) is 8.78 Å². The Hall–Kier alpha value is -4.45. The van der Waals surface area contributed by atoms with Crippen molar-refractivity contribution >= 4 is 59.6 Å². The number of nitrogens with one attached hydrogen (secondary N) is 1. The fraction of sp³-hybridized carbons (Fsp3) is 0.457. The van der Waals surface area contributed by atoms with Crippen molar-refractivity contribution in [2.75, 3.05) is 12.9 Å². The number of carbonyl (C=O) groups is 5. The molecule has 4 atom stereocenters. The molecule has 1 aliphatic heterocycles. The number of aromatic nitrogens is 1. The summed E-state index contributed by atoms with van der Waals surface area (Å²) in [5.74, 6) is -5.95. The van der Waals surface area contributed by atoms with Crippen molar-refractivity contribution in [3.05, 3.63) is 64.6 Å². The molecule has 0 saturated carbocycles. The van der Waals surface area contributed by atoms with E-state index in [1.54, 1.807) is 0 Å². The first-order valence-corrected chi connectivity index (χ1v) is 19.0. The van der Waals surface area contributed by atoms with E-state index >= 15 is 0 Å². The zero-order valence-corrected chi connectivity index (χ0v) is 32.1. The molecule has 1 aromatic heterocycles. The quantitative estimate of drug-likeness (QED) is 0.0816. The molecule has 4 rings (SSSR count). The number of nitrogens with zero attached hydrogens (tertiary/aromatic N) is 2. The van der Waals surface area contributed by atoms with E-state index in [1.165, 1.54) is 81.8 Å². The molecule has 300 valence electrons. The van der Waals surface area contributed by atoms with Crippen molar-refractivity contribution < 1.29 is 70.8 Å². The minimum absolute atomic E-state index is 0.0642. The molecule has 0 aliphatic carbocycles. The highest BCUT2D eigenvalue weighted by molar-refractivity contribution is 7.53. The molecule has 2 amide bonds. The van der Waals surface area contributed by atoms with Gasteiger partial charge in [-0.1, -0.05) is 23.7 Å². The van der Waals surface area contributed by atoms with Crippen LogP contribution in [0.15, 0.2) is 42.6 Å². The fourth-order valence-electron chi connectivity index (χ4n) is 5.59. The molecule has 2 heterocycles. The molecule has 1 fully saturated rings. The highest BCUT2D eigenvalue weighted by Crippen LogP contribution is 2.51. The Labute approximate surface area is 319 Å². The Morgan fingerprint density at radius 1 is 1.00 bits per heavy atom. The summed E-state index contributed by atoms with van der Waals surface area (Å²) in [6, 6.07) is 7.20. The van der Waals surface area contributed by atoms with E-state index in [4.69, 9.17) is 34.9 Å². The van der Waals surface area contributed by atoms with Crippen molar-refractivity contribution in [1.82, 2.24) is 14.8 Å². The third-order valence-electron chi connectivity index (χ3n) is 7.99. The molecule has 3 N–H and O–H groups in total. The number of aliphatic carboxylic acids is 2. The number of ether oxygens (including phenoxy) is 3. The summed E-state index contributed by atoms with van der Waals surface area (Å²) in [5.41, 5.74) is 0.520. The maximum Gasteiger partial charge on any atom is 0.373 e. The predicted octanol–water partition coefficient (Wildman–Crippen LogP) is 5.13. The monoisotopic (exact) mass is 815 g/mol. The molecule has 0 bridgehead atoms. The van der Waals surface area contributed by atoms with Gasteiger partial charge in [0.25, 0.3) is 12.6 Å². The van der Waals surface area contributed by atoms with E-state index < -0.39 is 93.6 Å². The second kappa shape index (κ2) is 18.5. The summed E-state index contributed by atoms with van der Waals surface area (Å²) < 4.78 is 70.8. The number of rotatable bonds is 19. The molecule has 1 saturated heterocycles. The molecule has 3 aromatic rings. The summed E-state index contributed by atoms with van der Waals surface area (Å²) in [6.07, 6.45) is -7.29. The van der Waals surface area contributed by atoms with Crippen LogP contribution in [0, 0.1) is 5.82 Å².